The molecule has 1 aliphatic carbocycles. The Kier molecular flexibility index (Phi) is 6.77. The first-order valence-corrected chi connectivity index (χ1v) is 14.4. The molecule has 40 heavy (non-hydrogen) atoms. The molecule has 3 fully saturated rings. The number of fused-ring (bicyclic) bond motifs is 1. The Morgan fingerprint density at radius 2 is 1.95 bits per heavy atom. The molecular weight excluding hydrogens is 504 g/mol. The monoisotopic (exact) mass is 542 g/mol. The van der Waals surface area contributed by atoms with Gasteiger partial charge in [-0.15, -0.1) is 0 Å². The van der Waals surface area contributed by atoms with E-state index in [4.69, 9.17) is 4.74 Å². The first kappa shape index (κ1) is 26.7. The highest BCUT2D eigenvalue weighted by Gasteiger charge is 2.72. The minimum Gasteiger partial charge on any atom is -0.359 e. The lowest BCUT2D eigenvalue weighted by Gasteiger charge is -2.38. The average molecular weight is 543 g/mol. The molecule has 4 aliphatic rings. The summed E-state index contributed by atoms with van der Waals surface area (Å²) in [6, 6.07) is 8.63. The summed E-state index contributed by atoms with van der Waals surface area (Å²) in [4.78, 5) is 47.9. The van der Waals surface area contributed by atoms with Gasteiger partial charge in [-0.05, 0) is 67.0 Å². The Bertz CT molecular complexity index is 1360. The van der Waals surface area contributed by atoms with Crippen LogP contribution in [-0.4, -0.2) is 51.4 Å². The predicted molar refractivity (Wildman–Crippen MR) is 151 cm³/mol. The van der Waals surface area contributed by atoms with Crippen molar-refractivity contribution in [2.45, 2.75) is 77.3 Å². The van der Waals surface area contributed by atoms with E-state index >= 15 is 0 Å². The number of nitrogens with one attached hydrogen (secondary N) is 2. The van der Waals surface area contributed by atoms with Gasteiger partial charge in [-0.25, -0.2) is 0 Å². The third kappa shape index (κ3) is 4.33. The summed E-state index contributed by atoms with van der Waals surface area (Å²) in [5.74, 6) is -1.39. The molecule has 1 aromatic carbocycles. The normalized spacial score (nSPS) is 34.1. The molecule has 2 saturated heterocycles. The number of anilines is 1. The Balaban J connectivity index is 1.32. The van der Waals surface area contributed by atoms with Crippen LogP contribution < -0.4 is 10.6 Å². The number of carbonyl (C=O) groups excluding carboxylic acids is 3. The van der Waals surface area contributed by atoms with Crippen LogP contribution in [0, 0.1) is 37.5 Å². The van der Waals surface area contributed by atoms with E-state index in [0.717, 1.165) is 36.0 Å². The highest BCUT2D eigenvalue weighted by molar-refractivity contribution is 6.02. The van der Waals surface area contributed by atoms with Gasteiger partial charge in [-0.3, -0.25) is 19.4 Å². The number of aryl methyl sites for hydroxylation is 2. The minimum absolute atomic E-state index is 0.0356. The number of ether oxygens (including phenoxy) is 1. The summed E-state index contributed by atoms with van der Waals surface area (Å²) in [7, 11) is 0. The maximum atomic E-state index is 14.2. The lowest BCUT2D eigenvalue weighted by atomic mass is 9.73. The zero-order valence-electron chi connectivity index (χ0n) is 23.6. The fourth-order valence-corrected chi connectivity index (χ4v) is 7.22. The molecular formula is C32H38N4O4. The third-order valence-electron chi connectivity index (χ3n) is 9.81. The van der Waals surface area contributed by atoms with E-state index in [-0.39, 0.29) is 30.3 Å². The molecule has 8 atom stereocenters. The number of aromatic nitrogens is 1. The molecule has 3 aliphatic heterocycles. The van der Waals surface area contributed by atoms with Crippen LogP contribution in [0.25, 0.3) is 0 Å². The Morgan fingerprint density at radius 3 is 2.70 bits per heavy atom. The van der Waals surface area contributed by atoms with Crippen molar-refractivity contribution in [3.63, 3.8) is 0 Å². The van der Waals surface area contributed by atoms with Gasteiger partial charge >= 0.3 is 0 Å². The van der Waals surface area contributed by atoms with Crippen LogP contribution in [-0.2, 0) is 25.7 Å². The number of hydrogen-bond donors (Lipinski definition) is 2. The SMILES string of the molecule is Cc1ccc(NC(=O)[C@H]2[C@H]3C=C[C@@]4(O3)[C@H]2C(=O)N(Cc2cccnc2)[C@@H]4C(=O)N[C@@H]2CCC[C@H](C)[C@H]2C)cc1C. The minimum atomic E-state index is -1.19. The van der Waals surface area contributed by atoms with E-state index < -0.39 is 29.6 Å². The molecule has 210 valence electrons. The van der Waals surface area contributed by atoms with E-state index in [1.807, 2.05) is 56.3 Å². The molecule has 8 heteroatoms. The topological polar surface area (TPSA) is 101 Å². The summed E-state index contributed by atoms with van der Waals surface area (Å²) < 4.78 is 6.50. The fraction of sp³-hybridized carbons (Fsp3) is 0.500. The highest BCUT2D eigenvalue weighted by atomic mass is 16.5. The van der Waals surface area contributed by atoms with Gasteiger partial charge in [0, 0.05) is 30.7 Å². The Labute approximate surface area is 235 Å². The largest absolute Gasteiger partial charge is 0.359 e. The molecule has 8 nitrogen and oxygen atoms in total. The van der Waals surface area contributed by atoms with Crippen LogP contribution in [0.4, 0.5) is 5.69 Å². The van der Waals surface area contributed by atoms with Crippen LogP contribution >= 0.6 is 0 Å². The van der Waals surface area contributed by atoms with Gasteiger partial charge < -0.3 is 20.3 Å². The highest BCUT2D eigenvalue weighted by Crippen LogP contribution is 2.55. The number of carbonyl (C=O) groups is 3. The summed E-state index contributed by atoms with van der Waals surface area (Å²) >= 11 is 0. The zero-order chi connectivity index (χ0) is 28.2. The summed E-state index contributed by atoms with van der Waals surface area (Å²) in [6.07, 6.45) is 9.66. The first-order chi connectivity index (χ1) is 19.2. The van der Waals surface area contributed by atoms with Crippen molar-refractivity contribution in [2.75, 3.05) is 5.32 Å². The molecule has 2 bridgehead atoms. The predicted octanol–water partition coefficient (Wildman–Crippen LogP) is 3.93. The number of benzene rings is 1. The summed E-state index contributed by atoms with van der Waals surface area (Å²) in [6.45, 7) is 8.65. The van der Waals surface area contributed by atoms with Gasteiger partial charge in [0.2, 0.25) is 17.7 Å². The van der Waals surface area contributed by atoms with E-state index in [1.54, 1.807) is 17.3 Å². The second-order valence-corrected chi connectivity index (χ2v) is 12.2. The van der Waals surface area contributed by atoms with Gasteiger partial charge in [-0.1, -0.05) is 51.0 Å². The van der Waals surface area contributed by atoms with Gasteiger partial charge in [0.15, 0.2) is 0 Å². The van der Waals surface area contributed by atoms with E-state index in [2.05, 4.69) is 29.5 Å². The van der Waals surface area contributed by atoms with Gasteiger partial charge in [0.05, 0.1) is 17.9 Å². The smallest absolute Gasteiger partial charge is 0.246 e. The molecule has 6 rings (SSSR count). The first-order valence-electron chi connectivity index (χ1n) is 14.4. The number of likely N-dealkylation sites (tertiary alicyclic amines) is 1. The molecule has 3 amide bonds. The van der Waals surface area contributed by atoms with Crippen LogP contribution in [0.5, 0.6) is 0 Å². The summed E-state index contributed by atoms with van der Waals surface area (Å²) in [5, 5.41) is 6.32. The van der Waals surface area contributed by atoms with Crippen molar-refractivity contribution >= 4 is 23.4 Å². The Morgan fingerprint density at radius 1 is 1.12 bits per heavy atom. The van der Waals surface area contributed by atoms with Crippen LogP contribution in [0.3, 0.4) is 0 Å². The van der Waals surface area contributed by atoms with Crippen molar-refractivity contribution in [2.24, 2.45) is 23.7 Å². The second-order valence-electron chi connectivity index (χ2n) is 12.2. The number of hydrogen-bond acceptors (Lipinski definition) is 5. The molecule has 1 aromatic heterocycles. The van der Waals surface area contributed by atoms with Gasteiger partial charge in [0.1, 0.15) is 11.6 Å². The third-order valence-corrected chi connectivity index (χ3v) is 9.81. The molecule has 1 spiro atoms. The fourth-order valence-electron chi connectivity index (χ4n) is 7.22. The van der Waals surface area contributed by atoms with Gasteiger partial charge in [0.25, 0.3) is 0 Å². The lowest BCUT2D eigenvalue weighted by Crippen LogP contribution is -2.57. The lowest BCUT2D eigenvalue weighted by molar-refractivity contribution is -0.142. The number of nitrogens with zero attached hydrogens (tertiary/aromatic N) is 2. The molecule has 0 radical (unpaired) electrons. The van der Waals surface area contributed by atoms with Crippen LogP contribution in [0.15, 0.2) is 54.9 Å². The average Bonchev–Trinajstić information content (AvgIpc) is 3.57. The number of amides is 3. The van der Waals surface area contributed by atoms with Gasteiger partial charge in [-0.2, -0.15) is 0 Å². The number of rotatable bonds is 6. The van der Waals surface area contributed by atoms with Crippen molar-refractivity contribution in [3.8, 4) is 0 Å². The molecule has 2 N–H and O–H groups in total. The molecule has 2 aromatic rings. The maximum Gasteiger partial charge on any atom is 0.246 e. The maximum absolute atomic E-state index is 14.2. The van der Waals surface area contributed by atoms with Crippen molar-refractivity contribution in [1.82, 2.24) is 15.2 Å². The van der Waals surface area contributed by atoms with E-state index in [0.29, 0.717) is 17.5 Å². The summed E-state index contributed by atoms with van der Waals surface area (Å²) in [5.41, 5.74) is 2.51. The van der Waals surface area contributed by atoms with E-state index in [9.17, 15) is 14.4 Å². The zero-order valence-corrected chi connectivity index (χ0v) is 23.6. The van der Waals surface area contributed by atoms with Crippen LogP contribution in [0.1, 0.15) is 49.8 Å². The van der Waals surface area contributed by atoms with Crippen molar-refractivity contribution < 1.29 is 19.1 Å². The molecule has 0 unspecified atom stereocenters. The van der Waals surface area contributed by atoms with Crippen molar-refractivity contribution in [3.05, 3.63) is 71.6 Å². The Hall–Kier alpha value is -3.52. The van der Waals surface area contributed by atoms with Crippen LogP contribution in [0.2, 0.25) is 0 Å². The quantitative estimate of drug-likeness (QED) is 0.539. The van der Waals surface area contributed by atoms with E-state index in [1.165, 1.54) is 0 Å². The van der Waals surface area contributed by atoms with Crippen molar-refractivity contribution in [1.29, 1.82) is 0 Å². The molecule has 4 heterocycles. The molecule has 1 saturated carbocycles. The number of pyridine rings is 1. The standard InChI is InChI=1S/C32H38N4O4/c1-18-10-11-23(15-20(18)3)34-29(37)26-25-12-13-32(40-25)27(26)31(39)36(17-22-8-6-14-33-16-22)28(32)30(38)35-24-9-5-7-19(2)21(24)4/h6,8,10-16,19,21,24-28H,5,7,9,17H2,1-4H3,(H,34,37)(H,35,38)/t19-,21+,24+,25+,26-,27+,28+,32+/m0/s1. The second kappa shape index (κ2) is 10.1.